The maximum atomic E-state index is 9.18. The Bertz CT molecular complexity index is 625. The average Bonchev–Trinajstić information content (AvgIpc) is 2.61. The van der Waals surface area contributed by atoms with Crippen LogP contribution in [0.15, 0.2) is 48.5 Å². The van der Waals surface area contributed by atoms with E-state index in [-0.39, 0.29) is 0 Å². The molecule has 0 bridgehead atoms. The Morgan fingerprint density at radius 2 is 1.57 bits per heavy atom. The summed E-state index contributed by atoms with van der Waals surface area (Å²) < 4.78 is 5.79. The fraction of sp³-hybridized carbons (Fsp3) is 0.381. The van der Waals surface area contributed by atoms with Crippen LogP contribution in [0.1, 0.15) is 51.0 Å². The summed E-state index contributed by atoms with van der Waals surface area (Å²) in [4.78, 5) is 0. The molecule has 0 aromatic heterocycles. The number of hydrogen-bond acceptors (Lipinski definition) is 2. The van der Waals surface area contributed by atoms with Crippen molar-refractivity contribution in [2.45, 2.75) is 45.4 Å². The lowest BCUT2D eigenvalue weighted by Crippen LogP contribution is -1.97. The van der Waals surface area contributed by atoms with Crippen LogP contribution >= 0.6 is 0 Å². The van der Waals surface area contributed by atoms with Crippen molar-refractivity contribution in [2.24, 2.45) is 0 Å². The normalized spacial score (nSPS) is 10.3. The maximum Gasteiger partial charge on any atom is 0.119 e. The minimum absolute atomic E-state index is 0.702. The van der Waals surface area contributed by atoms with Gasteiger partial charge in [-0.05, 0) is 35.7 Å². The summed E-state index contributed by atoms with van der Waals surface area (Å²) in [6, 6.07) is 17.9. The maximum absolute atomic E-state index is 9.18. The number of benzene rings is 2. The summed E-state index contributed by atoms with van der Waals surface area (Å²) in [7, 11) is 0. The summed E-state index contributed by atoms with van der Waals surface area (Å²) in [6.45, 7) is 3.02. The van der Waals surface area contributed by atoms with Crippen LogP contribution in [-0.2, 0) is 0 Å². The zero-order valence-corrected chi connectivity index (χ0v) is 13.9. The number of ether oxygens (including phenoxy) is 1. The van der Waals surface area contributed by atoms with E-state index in [1.807, 2.05) is 48.5 Å². The van der Waals surface area contributed by atoms with Crippen LogP contribution in [0.3, 0.4) is 0 Å². The predicted molar refractivity (Wildman–Crippen MR) is 95.5 cm³/mol. The molecular weight excluding hydrogens is 282 g/mol. The van der Waals surface area contributed by atoms with Gasteiger partial charge in [-0.2, -0.15) is 5.26 Å². The van der Waals surface area contributed by atoms with Gasteiger partial charge < -0.3 is 4.74 Å². The fourth-order valence-electron chi connectivity index (χ4n) is 2.64. The molecule has 0 saturated heterocycles. The highest BCUT2D eigenvalue weighted by atomic mass is 16.5. The van der Waals surface area contributed by atoms with Gasteiger partial charge in [0.2, 0.25) is 0 Å². The van der Waals surface area contributed by atoms with Gasteiger partial charge in [-0.15, -0.1) is 0 Å². The molecule has 2 rings (SSSR count). The number of rotatable bonds is 9. The number of hydrogen-bond donors (Lipinski definition) is 0. The predicted octanol–water partition coefficient (Wildman–Crippen LogP) is 5.96. The minimum atomic E-state index is 0.702. The standard InChI is InChI=1S/C21H25NO/c1-2-3-4-5-6-9-16-23-20-14-12-18(13-15-20)21-11-8-7-10-19(21)17-22/h7-8,10-15H,2-6,9,16H2,1H3. The molecule has 0 N–H and O–H groups in total. The van der Waals surface area contributed by atoms with E-state index < -0.39 is 0 Å². The molecule has 0 aliphatic rings. The van der Waals surface area contributed by atoms with Gasteiger partial charge >= 0.3 is 0 Å². The first kappa shape index (κ1) is 17.1. The van der Waals surface area contributed by atoms with Gasteiger partial charge in [-0.25, -0.2) is 0 Å². The summed E-state index contributed by atoms with van der Waals surface area (Å²) in [5.74, 6) is 0.900. The third-order valence-electron chi connectivity index (χ3n) is 3.98. The Labute approximate surface area is 139 Å². The number of nitriles is 1. The zero-order valence-electron chi connectivity index (χ0n) is 13.9. The lowest BCUT2D eigenvalue weighted by atomic mass is 10.0. The molecule has 2 aromatic rings. The molecule has 2 nitrogen and oxygen atoms in total. The molecule has 0 spiro atoms. The molecule has 0 heterocycles. The Kier molecular flexibility index (Phi) is 7.20. The summed E-state index contributed by atoms with van der Waals surface area (Å²) >= 11 is 0. The van der Waals surface area contributed by atoms with Crippen molar-refractivity contribution in [1.29, 1.82) is 5.26 Å². The van der Waals surface area contributed by atoms with Crippen LogP contribution in [0.2, 0.25) is 0 Å². The fourth-order valence-corrected chi connectivity index (χ4v) is 2.64. The lowest BCUT2D eigenvalue weighted by molar-refractivity contribution is 0.304. The Hall–Kier alpha value is -2.27. The van der Waals surface area contributed by atoms with Crippen molar-refractivity contribution in [3.8, 4) is 22.9 Å². The van der Waals surface area contributed by atoms with E-state index in [0.717, 1.165) is 29.9 Å². The first-order valence-electron chi connectivity index (χ1n) is 8.57. The minimum Gasteiger partial charge on any atom is -0.494 e. The molecule has 0 fully saturated rings. The molecule has 120 valence electrons. The summed E-state index contributed by atoms with van der Waals surface area (Å²) in [6.07, 6.45) is 7.63. The Morgan fingerprint density at radius 3 is 2.30 bits per heavy atom. The second-order valence-corrected chi connectivity index (χ2v) is 5.80. The molecule has 0 unspecified atom stereocenters. The largest absolute Gasteiger partial charge is 0.494 e. The SMILES string of the molecule is CCCCCCCCOc1ccc(-c2ccccc2C#N)cc1. The van der Waals surface area contributed by atoms with E-state index in [0.29, 0.717) is 5.56 Å². The van der Waals surface area contributed by atoms with E-state index in [9.17, 15) is 5.26 Å². The molecule has 23 heavy (non-hydrogen) atoms. The number of nitrogens with zero attached hydrogens (tertiary/aromatic N) is 1. The van der Waals surface area contributed by atoms with Crippen LogP contribution < -0.4 is 4.74 Å². The molecule has 2 aromatic carbocycles. The highest BCUT2D eigenvalue weighted by Crippen LogP contribution is 2.25. The van der Waals surface area contributed by atoms with Gasteiger partial charge in [0.05, 0.1) is 18.2 Å². The first-order valence-corrected chi connectivity index (χ1v) is 8.57. The zero-order chi connectivity index (χ0) is 16.3. The number of unbranched alkanes of at least 4 members (excludes halogenated alkanes) is 5. The van der Waals surface area contributed by atoms with Crippen LogP contribution in [-0.4, -0.2) is 6.61 Å². The van der Waals surface area contributed by atoms with Crippen LogP contribution in [0.5, 0.6) is 5.75 Å². The van der Waals surface area contributed by atoms with E-state index in [2.05, 4.69) is 13.0 Å². The van der Waals surface area contributed by atoms with Crippen molar-refractivity contribution < 1.29 is 4.74 Å². The molecule has 2 heteroatoms. The van der Waals surface area contributed by atoms with Gasteiger partial charge in [-0.3, -0.25) is 0 Å². The summed E-state index contributed by atoms with van der Waals surface area (Å²) in [5, 5.41) is 9.18. The lowest BCUT2D eigenvalue weighted by Gasteiger charge is -2.08. The van der Waals surface area contributed by atoms with E-state index in [1.165, 1.54) is 32.1 Å². The van der Waals surface area contributed by atoms with Crippen molar-refractivity contribution in [3.05, 3.63) is 54.1 Å². The Morgan fingerprint density at radius 1 is 0.870 bits per heavy atom. The second-order valence-electron chi connectivity index (χ2n) is 5.80. The molecule has 0 amide bonds. The van der Waals surface area contributed by atoms with Crippen molar-refractivity contribution in [3.63, 3.8) is 0 Å². The average molecular weight is 307 g/mol. The van der Waals surface area contributed by atoms with Crippen molar-refractivity contribution >= 4 is 0 Å². The van der Waals surface area contributed by atoms with Crippen molar-refractivity contribution in [2.75, 3.05) is 6.61 Å². The molecule has 0 saturated carbocycles. The molecule has 0 radical (unpaired) electrons. The summed E-state index contributed by atoms with van der Waals surface area (Å²) in [5.41, 5.74) is 2.72. The highest BCUT2D eigenvalue weighted by Gasteiger charge is 2.04. The van der Waals surface area contributed by atoms with E-state index in [4.69, 9.17) is 4.74 Å². The van der Waals surface area contributed by atoms with Gasteiger partial charge in [0, 0.05) is 0 Å². The van der Waals surface area contributed by atoms with Gasteiger partial charge in [0.25, 0.3) is 0 Å². The topological polar surface area (TPSA) is 33.0 Å². The van der Waals surface area contributed by atoms with Crippen molar-refractivity contribution in [1.82, 2.24) is 0 Å². The molecule has 0 atom stereocenters. The van der Waals surface area contributed by atoms with Crippen LogP contribution in [0, 0.1) is 11.3 Å². The molecular formula is C21H25NO. The Balaban J connectivity index is 1.82. The van der Waals surface area contributed by atoms with Gasteiger partial charge in [0.1, 0.15) is 5.75 Å². The highest BCUT2D eigenvalue weighted by molar-refractivity contribution is 5.70. The smallest absolute Gasteiger partial charge is 0.119 e. The van der Waals surface area contributed by atoms with Gasteiger partial charge in [0.15, 0.2) is 0 Å². The third kappa shape index (κ3) is 5.45. The third-order valence-corrected chi connectivity index (χ3v) is 3.98. The second kappa shape index (κ2) is 9.69. The van der Waals surface area contributed by atoms with Gasteiger partial charge in [-0.1, -0.05) is 69.4 Å². The van der Waals surface area contributed by atoms with E-state index >= 15 is 0 Å². The first-order chi connectivity index (χ1) is 11.3. The molecule has 0 aliphatic heterocycles. The van der Waals surface area contributed by atoms with Crippen LogP contribution in [0.25, 0.3) is 11.1 Å². The quantitative estimate of drug-likeness (QED) is 0.535. The molecule has 0 aliphatic carbocycles. The monoisotopic (exact) mass is 307 g/mol. The van der Waals surface area contributed by atoms with E-state index in [1.54, 1.807) is 0 Å². The van der Waals surface area contributed by atoms with Crippen LogP contribution in [0.4, 0.5) is 0 Å².